The van der Waals surface area contributed by atoms with Crippen LogP contribution in [-0.4, -0.2) is 0 Å². The summed E-state index contributed by atoms with van der Waals surface area (Å²) in [4.78, 5) is 0. The molecule has 0 bridgehead atoms. The van der Waals surface area contributed by atoms with Crippen LogP contribution in [0.15, 0.2) is 0 Å². The Balaban J connectivity index is 1.17. The summed E-state index contributed by atoms with van der Waals surface area (Å²) in [5, 5.41) is 0. The van der Waals surface area contributed by atoms with Gasteiger partial charge in [-0.05, 0) is 75.0 Å². The first-order chi connectivity index (χ1) is 12.9. The van der Waals surface area contributed by atoms with Gasteiger partial charge in [0.05, 0.1) is 0 Å². The highest BCUT2D eigenvalue weighted by Crippen LogP contribution is 2.41. The second-order valence-corrected chi connectivity index (χ2v) is 10.3. The number of hydrogen-bond donors (Lipinski definition) is 0. The van der Waals surface area contributed by atoms with Gasteiger partial charge in [-0.15, -0.1) is 0 Å². The second kappa shape index (κ2) is 9.66. The molecule has 0 aliphatic heterocycles. The Kier molecular flexibility index (Phi) is 7.03. The van der Waals surface area contributed by atoms with E-state index in [1.807, 2.05) is 0 Å². The van der Waals surface area contributed by atoms with E-state index in [0.717, 1.165) is 35.5 Å². The van der Waals surface area contributed by atoms with Crippen molar-refractivity contribution >= 4 is 0 Å². The van der Waals surface area contributed by atoms with Gasteiger partial charge >= 0.3 is 0 Å². The quantitative estimate of drug-likeness (QED) is 0.444. The van der Waals surface area contributed by atoms with Crippen molar-refractivity contribution in [3.05, 3.63) is 0 Å². The zero-order chi connectivity index (χ0) is 17.6. The van der Waals surface area contributed by atoms with Crippen molar-refractivity contribution in [3.8, 4) is 11.8 Å². The molecule has 4 saturated carbocycles. The molecule has 4 aliphatic rings. The van der Waals surface area contributed by atoms with Gasteiger partial charge in [-0.1, -0.05) is 76.0 Å². The van der Waals surface area contributed by atoms with Gasteiger partial charge in [0, 0.05) is 11.8 Å². The third kappa shape index (κ3) is 5.09. The molecule has 4 aliphatic carbocycles. The zero-order valence-corrected chi connectivity index (χ0v) is 17.2. The summed E-state index contributed by atoms with van der Waals surface area (Å²) < 4.78 is 0. The van der Waals surface area contributed by atoms with E-state index < -0.39 is 0 Å². The van der Waals surface area contributed by atoms with E-state index in [1.165, 1.54) is 116 Å². The van der Waals surface area contributed by atoms with Crippen LogP contribution in [-0.2, 0) is 0 Å². The first-order valence-corrected chi connectivity index (χ1v) is 12.4. The summed E-state index contributed by atoms with van der Waals surface area (Å²) in [5.74, 6) is 13.3. The second-order valence-electron chi connectivity index (χ2n) is 10.3. The monoisotopic (exact) mass is 354 g/mol. The van der Waals surface area contributed by atoms with Crippen LogP contribution in [0.3, 0.4) is 0 Å². The fourth-order valence-corrected chi connectivity index (χ4v) is 6.92. The van der Waals surface area contributed by atoms with Crippen molar-refractivity contribution in [2.24, 2.45) is 35.5 Å². The lowest BCUT2D eigenvalue weighted by atomic mass is 9.70. The molecule has 4 rings (SSSR count). The smallest absolute Gasteiger partial charge is 0.0203 e. The Morgan fingerprint density at radius 1 is 0.308 bits per heavy atom. The Hall–Kier alpha value is -0.440. The summed E-state index contributed by atoms with van der Waals surface area (Å²) in [6.07, 6.45) is 26.7. The minimum atomic E-state index is 0.742. The molecule has 0 N–H and O–H groups in total. The van der Waals surface area contributed by atoms with E-state index in [4.69, 9.17) is 0 Å². The van der Waals surface area contributed by atoms with Gasteiger partial charge < -0.3 is 0 Å². The molecule has 4 fully saturated rings. The molecule has 0 aromatic rings. The topological polar surface area (TPSA) is 0 Å². The molecule has 0 amide bonds. The molecule has 0 radical (unpaired) electrons. The number of hydrogen-bond acceptors (Lipinski definition) is 0. The largest absolute Gasteiger partial charge is 0.0996 e. The van der Waals surface area contributed by atoms with Gasteiger partial charge in [-0.3, -0.25) is 0 Å². The molecular weight excluding hydrogens is 312 g/mol. The van der Waals surface area contributed by atoms with Crippen molar-refractivity contribution in [2.45, 2.75) is 116 Å². The average molecular weight is 355 g/mol. The standard InChI is InChI=1S/C26H42/c1-3-7-23(8-4-1)25-17-13-21(14-18-25)11-12-22-15-19-26(20-16-22)24-9-5-2-6-10-24/h21-26H,1-10,13-20H2. The minimum Gasteiger partial charge on any atom is -0.0996 e. The molecular formula is C26H42. The van der Waals surface area contributed by atoms with Gasteiger partial charge in [0.15, 0.2) is 0 Å². The molecule has 0 aromatic heterocycles. The molecule has 0 spiro atoms. The van der Waals surface area contributed by atoms with E-state index in [1.54, 1.807) is 0 Å². The van der Waals surface area contributed by atoms with Crippen LogP contribution in [0.1, 0.15) is 116 Å². The SMILES string of the molecule is C(#CC1CCC(C2CCCCC2)CC1)C1CCC(C2CCCCC2)CC1. The van der Waals surface area contributed by atoms with Gasteiger partial charge in [-0.25, -0.2) is 0 Å². The van der Waals surface area contributed by atoms with Gasteiger partial charge in [-0.2, -0.15) is 0 Å². The van der Waals surface area contributed by atoms with Gasteiger partial charge in [0.2, 0.25) is 0 Å². The lowest BCUT2D eigenvalue weighted by Crippen LogP contribution is -2.24. The summed E-state index contributed by atoms with van der Waals surface area (Å²) in [5.41, 5.74) is 0. The van der Waals surface area contributed by atoms with E-state index in [-0.39, 0.29) is 0 Å². The highest BCUT2D eigenvalue weighted by molar-refractivity contribution is 5.09. The summed E-state index contributed by atoms with van der Waals surface area (Å²) in [7, 11) is 0. The summed E-state index contributed by atoms with van der Waals surface area (Å²) in [6, 6.07) is 0. The normalized spacial score (nSPS) is 37.7. The molecule has 0 atom stereocenters. The van der Waals surface area contributed by atoms with Crippen molar-refractivity contribution in [1.82, 2.24) is 0 Å². The highest BCUT2D eigenvalue weighted by atomic mass is 14.3. The fraction of sp³-hybridized carbons (Fsp3) is 0.923. The van der Waals surface area contributed by atoms with Crippen LogP contribution in [0.5, 0.6) is 0 Å². The van der Waals surface area contributed by atoms with E-state index in [0.29, 0.717) is 0 Å². The molecule has 146 valence electrons. The average Bonchev–Trinajstić information content (AvgIpc) is 2.74. The predicted molar refractivity (Wildman–Crippen MR) is 112 cm³/mol. The molecule has 0 saturated heterocycles. The summed E-state index contributed by atoms with van der Waals surface area (Å²) >= 11 is 0. The molecule has 0 heterocycles. The molecule has 0 heteroatoms. The van der Waals surface area contributed by atoms with Crippen LogP contribution >= 0.6 is 0 Å². The Bertz CT molecular complexity index is 410. The molecule has 0 nitrogen and oxygen atoms in total. The maximum absolute atomic E-state index is 3.76. The zero-order valence-electron chi connectivity index (χ0n) is 17.2. The van der Waals surface area contributed by atoms with E-state index in [2.05, 4.69) is 11.8 Å². The third-order valence-electron chi connectivity index (χ3n) is 8.67. The molecule has 26 heavy (non-hydrogen) atoms. The van der Waals surface area contributed by atoms with Crippen molar-refractivity contribution in [2.75, 3.05) is 0 Å². The van der Waals surface area contributed by atoms with E-state index >= 15 is 0 Å². The summed E-state index contributed by atoms with van der Waals surface area (Å²) in [6.45, 7) is 0. The van der Waals surface area contributed by atoms with Crippen LogP contribution in [0.2, 0.25) is 0 Å². The van der Waals surface area contributed by atoms with Crippen molar-refractivity contribution < 1.29 is 0 Å². The minimum absolute atomic E-state index is 0.742. The van der Waals surface area contributed by atoms with Gasteiger partial charge in [0.1, 0.15) is 0 Å². The Morgan fingerprint density at radius 3 is 0.962 bits per heavy atom. The van der Waals surface area contributed by atoms with Crippen LogP contribution in [0.4, 0.5) is 0 Å². The van der Waals surface area contributed by atoms with Crippen LogP contribution < -0.4 is 0 Å². The van der Waals surface area contributed by atoms with Crippen molar-refractivity contribution in [3.63, 3.8) is 0 Å². The van der Waals surface area contributed by atoms with Gasteiger partial charge in [0.25, 0.3) is 0 Å². The third-order valence-corrected chi connectivity index (χ3v) is 8.67. The maximum atomic E-state index is 3.76. The Morgan fingerprint density at radius 2 is 0.615 bits per heavy atom. The molecule has 0 aromatic carbocycles. The van der Waals surface area contributed by atoms with Crippen LogP contribution in [0.25, 0.3) is 0 Å². The maximum Gasteiger partial charge on any atom is 0.0203 e. The van der Waals surface area contributed by atoms with Crippen LogP contribution in [0, 0.1) is 47.3 Å². The van der Waals surface area contributed by atoms with E-state index in [9.17, 15) is 0 Å². The highest BCUT2D eigenvalue weighted by Gasteiger charge is 2.29. The molecule has 0 unspecified atom stereocenters. The first-order valence-electron chi connectivity index (χ1n) is 12.4. The lowest BCUT2D eigenvalue weighted by Gasteiger charge is -2.35. The Labute approximate surface area is 163 Å². The number of rotatable bonds is 2. The first kappa shape index (κ1) is 18.9. The van der Waals surface area contributed by atoms with Crippen molar-refractivity contribution in [1.29, 1.82) is 0 Å². The predicted octanol–water partition coefficient (Wildman–Crippen LogP) is 7.76. The fourth-order valence-electron chi connectivity index (χ4n) is 6.92. The lowest BCUT2D eigenvalue weighted by molar-refractivity contribution is 0.180.